The molecule has 0 bridgehead atoms. The average Bonchev–Trinajstić information content (AvgIpc) is 2.97. The Bertz CT molecular complexity index is 1110. The van der Waals surface area contributed by atoms with Gasteiger partial charge in [-0.2, -0.15) is 0 Å². The maximum Gasteiger partial charge on any atom is 0.142 e. The van der Waals surface area contributed by atoms with Crippen LogP contribution in [0.4, 0.5) is 34.1 Å². The normalized spacial score (nSPS) is 11.8. The fourth-order valence-corrected chi connectivity index (χ4v) is 4.32. The molecule has 40 heavy (non-hydrogen) atoms. The molecule has 3 aromatic carbocycles. The first-order valence-corrected chi connectivity index (χ1v) is 14.0. The van der Waals surface area contributed by atoms with Crippen molar-refractivity contribution in [3.63, 3.8) is 0 Å². The molecule has 0 fully saturated rings. The molecule has 0 unspecified atom stereocenters. The molecular weight excluding hydrogens is 508 g/mol. The summed E-state index contributed by atoms with van der Waals surface area (Å²) in [5.41, 5.74) is 4.20. The summed E-state index contributed by atoms with van der Waals surface area (Å²) in [7, 11) is 0. The molecule has 0 atom stereocenters. The minimum absolute atomic E-state index is 0.0829. The van der Waals surface area contributed by atoms with Crippen molar-refractivity contribution in [1.29, 1.82) is 0 Å². The van der Waals surface area contributed by atoms with E-state index in [0.29, 0.717) is 63.7 Å². The zero-order valence-corrected chi connectivity index (χ0v) is 24.0. The van der Waals surface area contributed by atoms with Crippen LogP contribution < -0.4 is 21.3 Å². The van der Waals surface area contributed by atoms with Crippen LogP contribution in [0.3, 0.4) is 0 Å². The average molecular weight is 553 g/mol. The quantitative estimate of drug-likeness (QED) is 0.0542. The van der Waals surface area contributed by atoms with Crippen LogP contribution >= 0.6 is 0 Å². The number of benzene rings is 3. The van der Waals surface area contributed by atoms with E-state index in [1.807, 2.05) is 76.2 Å². The van der Waals surface area contributed by atoms with Crippen molar-refractivity contribution in [1.82, 2.24) is 0 Å². The molecule has 0 aromatic heterocycles. The number of nitrogens with one attached hydrogen (secondary N) is 4. The number of nitrogens with zero attached hydrogens (tertiary/aromatic N) is 2. The topological polar surface area (TPSA) is 135 Å². The molecular formula is C30H44N6O4. The van der Waals surface area contributed by atoms with Crippen molar-refractivity contribution in [2.24, 2.45) is 0 Å². The summed E-state index contributed by atoms with van der Waals surface area (Å²) in [5, 5.41) is 58.6. The monoisotopic (exact) mass is 552 g/mol. The van der Waals surface area contributed by atoms with Crippen molar-refractivity contribution in [2.75, 3.05) is 73.6 Å². The van der Waals surface area contributed by atoms with E-state index in [9.17, 15) is 20.6 Å². The highest BCUT2D eigenvalue weighted by atomic mass is 16.5. The Morgan fingerprint density at radius 1 is 0.550 bits per heavy atom. The first-order chi connectivity index (χ1) is 19.1. The summed E-state index contributed by atoms with van der Waals surface area (Å²) in [6.45, 7) is 12.0. The Hall–Kier alpha value is -3.70. The summed E-state index contributed by atoms with van der Waals surface area (Å²) < 4.78 is -0.435. The number of anilines is 6. The van der Waals surface area contributed by atoms with Gasteiger partial charge in [0.15, 0.2) is 0 Å². The predicted octanol–water partition coefficient (Wildman–Crippen LogP) is 6.12. The molecule has 218 valence electrons. The predicted molar refractivity (Wildman–Crippen MR) is 165 cm³/mol. The van der Waals surface area contributed by atoms with Crippen molar-refractivity contribution >= 4 is 34.1 Å². The lowest BCUT2D eigenvalue weighted by Gasteiger charge is -2.41. The molecule has 0 radical (unpaired) electrons. The van der Waals surface area contributed by atoms with E-state index < -0.39 is 0 Å². The van der Waals surface area contributed by atoms with Crippen LogP contribution in [0.25, 0.3) is 0 Å². The third-order valence-electron chi connectivity index (χ3n) is 7.44. The lowest BCUT2D eigenvalue weighted by Crippen LogP contribution is -2.44. The molecule has 6 N–H and O–H groups in total. The smallest absolute Gasteiger partial charge is 0.142 e. The number of hydroxylamine groups is 6. The lowest BCUT2D eigenvalue weighted by atomic mass is 10.2. The number of phenols is 2. The van der Waals surface area contributed by atoms with Crippen LogP contribution in [0.1, 0.15) is 27.7 Å². The summed E-state index contributed by atoms with van der Waals surface area (Å²) >= 11 is 0. The molecule has 3 aromatic rings. The van der Waals surface area contributed by atoms with Gasteiger partial charge in [0, 0.05) is 28.8 Å². The van der Waals surface area contributed by atoms with Crippen LogP contribution in [-0.2, 0) is 0 Å². The standard InChI is InChI=1S/C30H44N6O4/c1-5-35(39,6-2)19-17-31-23-9-13-25(14-10-23)33-27-21-28(30(38)22-29(27)37)34-26-15-11-24(12-16-26)32-18-20-36(40,7-3)8-4/h9-16,21-22,31-34,37-38H,5-8,17-20H2,1-4H3. The van der Waals surface area contributed by atoms with E-state index in [1.165, 1.54) is 6.07 Å². The molecule has 10 heteroatoms. The van der Waals surface area contributed by atoms with Crippen LogP contribution in [0, 0.1) is 10.4 Å². The number of hydrogen-bond acceptors (Lipinski definition) is 8. The molecule has 3 rings (SSSR count). The molecule has 0 heterocycles. The van der Waals surface area contributed by atoms with Gasteiger partial charge in [-0.15, -0.1) is 0 Å². The number of phenolic OH excluding ortho intramolecular Hbond substituents is 2. The number of aromatic hydroxyl groups is 2. The second-order valence-corrected chi connectivity index (χ2v) is 9.97. The fourth-order valence-electron chi connectivity index (χ4n) is 4.32. The summed E-state index contributed by atoms with van der Waals surface area (Å²) in [6, 6.07) is 18.1. The van der Waals surface area contributed by atoms with Gasteiger partial charge in [0.05, 0.1) is 63.7 Å². The van der Waals surface area contributed by atoms with Gasteiger partial charge < -0.3 is 51.2 Å². The number of rotatable bonds is 16. The zero-order chi connectivity index (χ0) is 29.2. The largest absolute Gasteiger partial charge is 0.633 e. The Balaban J connectivity index is 1.59. The van der Waals surface area contributed by atoms with Gasteiger partial charge in [0.2, 0.25) is 0 Å². The minimum atomic E-state index is -0.217. The molecule has 0 amide bonds. The Kier molecular flexibility index (Phi) is 10.9. The van der Waals surface area contributed by atoms with Crippen LogP contribution in [0.2, 0.25) is 0 Å². The summed E-state index contributed by atoms with van der Waals surface area (Å²) in [6.07, 6.45) is 0. The molecule has 0 aliphatic rings. The molecule has 0 aliphatic carbocycles. The second kappa shape index (κ2) is 14.1. The highest BCUT2D eigenvalue weighted by molar-refractivity contribution is 5.78. The van der Waals surface area contributed by atoms with Gasteiger partial charge in [0.25, 0.3) is 0 Å². The van der Waals surface area contributed by atoms with E-state index in [2.05, 4.69) is 21.3 Å². The van der Waals surface area contributed by atoms with Gasteiger partial charge in [-0.1, -0.05) is 0 Å². The molecule has 0 aliphatic heterocycles. The van der Waals surface area contributed by atoms with Crippen LogP contribution in [0.5, 0.6) is 11.5 Å². The number of hydrogen-bond donors (Lipinski definition) is 6. The van der Waals surface area contributed by atoms with E-state index >= 15 is 0 Å². The Morgan fingerprint density at radius 3 is 1.20 bits per heavy atom. The van der Waals surface area contributed by atoms with Crippen molar-refractivity contribution in [3.05, 3.63) is 71.1 Å². The number of quaternary nitrogens is 2. The third kappa shape index (κ3) is 8.65. The van der Waals surface area contributed by atoms with E-state index in [4.69, 9.17) is 0 Å². The maximum atomic E-state index is 12.4. The van der Waals surface area contributed by atoms with Crippen molar-refractivity contribution in [3.8, 4) is 11.5 Å². The van der Waals surface area contributed by atoms with Gasteiger partial charge in [-0.25, -0.2) is 0 Å². The highest BCUT2D eigenvalue weighted by Gasteiger charge is 2.13. The van der Waals surface area contributed by atoms with Crippen LogP contribution in [0.15, 0.2) is 60.7 Å². The van der Waals surface area contributed by atoms with Crippen molar-refractivity contribution in [2.45, 2.75) is 27.7 Å². The molecule has 0 spiro atoms. The minimum Gasteiger partial charge on any atom is -0.633 e. The second-order valence-electron chi connectivity index (χ2n) is 9.97. The molecule has 0 saturated carbocycles. The third-order valence-corrected chi connectivity index (χ3v) is 7.44. The maximum absolute atomic E-state index is 12.4. The summed E-state index contributed by atoms with van der Waals surface area (Å²) in [4.78, 5) is 0. The van der Waals surface area contributed by atoms with Gasteiger partial charge in [-0.05, 0) is 82.3 Å². The Labute approximate surface area is 237 Å². The fraction of sp³-hybridized carbons (Fsp3) is 0.400. The number of likely N-dealkylation sites (N-methyl/N-ethyl adjacent to an activating group) is 2. The Morgan fingerprint density at radius 2 is 0.875 bits per heavy atom. The van der Waals surface area contributed by atoms with Gasteiger partial charge in [0.1, 0.15) is 11.5 Å². The van der Waals surface area contributed by atoms with Gasteiger partial charge >= 0.3 is 0 Å². The van der Waals surface area contributed by atoms with Crippen LogP contribution in [-0.4, -0.2) is 71.9 Å². The SMILES string of the molecule is CC[N+]([O-])(CC)CCNc1ccc(Nc2cc(Nc3ccc(NCC[N+]([O-])(CC)CC)cc3)c(O)cc2O)cc1. The van der Waals surface area contributed by atoms with E-state index in [-0.39, 0.29) is 20.8 Å². The van der Waals surface area contributed by atoms with Crippen molar-refractivity contribution < 1.29 is 19.5 Å². The first-order valence-electron chi connectivity index (χ1n) is 14.0. The highest BCUT2D eigenvalue weighted by Crippen LogP contribution is 2.38. The van der Waals surface area contributed by atoms with Gasteiger partial charge in [-0.3, -0.25) is 0 Å². The van der Waals surface area contributed by atoms with E-state index in [1.54, 1.807) is 6.07 Å². The van der Waals surface area contributed by atoms with E-state index in [0.717, 1.165) is 22.7 Å². The first kappa shape index (κ1) is 30.8. The summed E-state index contributed by atoms with van der Waals surface area (Å²) in [5.74, 6) is -0.166. The lowest BCUT2D eigenvalue weighted by molar-refractivity contribution is -0.875. The zero-order valence-electron chi connectivity index (χ0n) is 24.0. The molecule has 10 nitrogen and oxygen atoms in total. The molecule has 0 saturated heterocycles.